The van der Waals surface area contributed by atoms with Gasteiger partial charge in [0.05, 0.1) is 30.4 Å². The van der Waals surface area contributed by atoms with Crippen molar-refractivity contribution in [2.24, 2.45) is 28.2 Å². The van der Waals surface area contributed by atoms with Crippen LogP contribution in [0, 0.1) is 29.0 Å². The molecule has 3 saturated carbocycles. The zero-order valence-electron chi connectivity index (χ0n) is 27.1. The SMILES string of the molecule is COc1ccc(CC(C)n2cnc3cc(NC(=NC4CC5CC(C4C)C5(C)C)N4CC(C)NC(C)C4)ccc3c2=O)c(F)c1. The van der Waals surface area contributed by atoms with Gasteiger partial charge in [-0.3, -0.25) is 9.36 Å². The molecule has 7 atom stereocenters. The molecular weight excluding hydrogens is 555 g/mol. The van der Waals surface area contributed by atoms with Crippen molar-refractivity contribution in [3.63, 3.8) is 0 Å². The zero-order chi connectivity index (χ0) is 31.3. The summed E-state index contributed by atoms with van der Waals surface area (Å²) in [5, 5.41) is 7.82. The first-order valence-electron chi connectivity index (χ1n) is 16.1. The molecule has 1 saturated heterocycles. The van der Waals surface area contributed by atoms with E-state index < -0.39 is 0 Å². The van der Waals surface area contributed by atoms with Crippen LogP contribution in [0.25, 0.3) is 10.9 Å². The number of aromatic nitrogens is 2. The van der Waals surface area contributed by atoms with Gasteiger partial charge in [0, 0.05) is 43.0 Å². The number of methoxy groups -OCH3 is 1. The highest BCUT2D eigenvalue weighted by atomic mass is 19.1. The van der Waals surface area contributed by atoms with Crippen LogP contribution in [-0.4, -0.2) is 58.7 Å². The molecule has 1 aromatic heterocycles. The van der Waals surface area contributed by atoms with Crippen LogP contribution in [0.3, 0.4) is 0 Å². The first kappa shape index (κ1) is 30.6. The van der Waals surface area contributed by atoms with Crippen molar-refractivity contribution in [2.75, 3.05) is 25.5 Å². The van der Waals surface area contributed by atoms with E-state index in [2.05, 4.69) is 55.1 Å². The van der Waals surface area contributed by atoms with Crippen LogP contribution < -0.4 is 20.9 Å². The van der Waals surface area contributed by atoms with Gasteiger partial charge in [0.15, 0.2) is 5.96 Å². The Balaban J connectivity index is 1.26. The standard InChI is InChI=1S/C35H47FN6O2/c1-20-17-41(18-21(2)38-20)34(40-31-14-25-13-29(23(31)4)35(25,5)6)39-26-9-11-28-32(15-26)37-19-42(33(28)43)22(3)12-24-8-10-27(44-7)16-30(24)36/h8-11,15-16,19-23,25,29,31,38H,12-14,17-18H2,1-7H3,(H,39,40). The van der Waals surface area contributed by atoms with Gasteiger partial charge in [0.1, 0.15) is 11.6 Å². The lowest BCUT2D eigenvalue weighted by molar-refractivity contribution is -0.108. The van der Waals surface area contributed by atoms with Crippen LogP contribution in [0.15, 0.2) is 52.5 Å². The van der Waals surface area contributed by atoms with Gasteiger partial charge in [-0.05, 0) is 93.0 Å². The Bertz CT molecular complexity index is 1610. The van der Waals surface area contributed by atoms with Crippen molar-refractivity contribution < 1.29 is 9.13 Å². The summed E-state index contributed by atoms with van der Waals surface area (Å²) >= 11 is 0. The number of aliphatic imine (C=N–C) groups is 1. The second-order valence-electron chi connectivity index (χ2n) is 14.2. The molecule has 0 radical (unpaired) electrons. The summed E-state index contributed by atoms with van der Waals surface area (Å²) in [6, 6.07) is 11.3. The summed E-state index contributed by atoms with van der Waals surface area (Å²) < 4.78 is 21.3. The molecule has 2 heterocycles. The summed E-state index contributed by atoms with van der Waals surface area (Å²) in [5.74, 6) is 3.01. The molecule has 7 rings (SSSR count). The van der Waals surface area contributed by atoms with Crippen LogP contribution >= 0.6 is 0 Å². The number of benzene rings is 2. The van der Waals surface area contributed by atoms with Gasteiger partial charge in [-0.25, -0.2) is 14.4 Å². The number of nitrogens with one attached hydrogen (secondary N) is 2. The van der Waals surface area contributed by atoms with Crippen molar-refractivity contribution in [3.8, 4) is 5.75 Å². The molecule has 0 spiro atoms. The molecule has 1 aliphatic heterocycles. The van der Waals surface area contributed by atoms with E-state index in [1.54, 1.807) is 23.0 Å². The lowest BCUT2D eigenvalue weighted by atomic mass is 9.45. The first-order chi connectivity index (χ1) is 20.9. The van der Waals surface area contributed by atoms with Crippen LogP contribution in [0.2, 0.25) is 0 Å². The molecule has 3 aromatic rings. The molecule has 2 N–H and O–H groups in total. The first-order valence-corrected chi connectivity index (χ1v) is 16.1. The maximum absolute atomic E-state index is 14.6. The van der Waals surface area contributed by atoms with Crippen molar-refractivity contribution in [2.45, 2.75) is 85.0 Å². The van der Waals surface area contributed by atoms with E-state index >= 15 is 0 Å². The zero-order valence-corrected chi connectivity index (χ0v) is 27.1. The van der Waals surface area contributed by atoms with Crippen LogP contribution in [0.5, 0.6) is 5.75 Å². The summed E-state index contributed by atoms with van der Waals surface area (Å²) in [6.45, 7) is 15.3. The molecule has 4 fully saturated rings. The quantitative estimate of drug-likeness (QED) is 0.271. The van der Waals surface area contributed by atoms with Crippen molar-refractivity contribution in [1.29, 1.82) is 0 Å². The minimum absolute atomic E-state index is 0.139. The second kappa shape index (κ2) is 11.8. The molecule has 4 aliphatic rings. The Labute approximate surface area is 260 Å². The molecule has 44 heavy (non-hydrogen) atoms. The summed E-state index contributed by atoms with van der Waals surface area (Å²) in [7, 11) is 1.51. The van der Waals surface area contributed by atoms with Gasteiger partial charge in [0.2, 0.25) is 0 Å². The Hall–Kier alpha value is -3.46. The van der Waals surface area contributed by atoms with Gasteiger partial charge in [-0.1, -0.05) is 26.8 Å². The maximum Gasteiger partial charge on any atom is 0.261 e. The molecule has 0 amide bonds. The normalized spacial score (nSPS) is 28.8. The van der Waals surface area contributed by atoms with E-state index in [9.17, 15) is 9.18 Å². The van der Waals surface area contributed by atoms with Gasteiger partial charge in [-0.15, -0.1) is 0 Å². The number of rotatable bonds is 6. The average molecular weight is 603 g/mol. The Morgan fingerprint density at radius 2 is 1.91 bits per heavy atom. The number of hydrogen-bond donors (Lipinski definition) is 2. The average Bonchev–Trinajstić information content (AvgIpc) is 2.98. The number of halogens is 1. The van der Waals surface area contributed by atoms with E-state index in [0.29, 0.717) is 58.0 Å². The number of guanidine groups is 1. The van der Waals surface area contributed by atoms with Gasteiger partial charge in [-0.2, -0.15) is 0 Å². The van der Waals surface area contributed by atoms with E-state index in [1.165, 1.54) is 19.6 Å². The monoisotopic (exact) mass is 602 g/mol. The summed E-state index contributed by atoms with van der Waals surface area (Å²) in [4.78, 5) is 26.0. The molecule has 7 unspecified atom stereocenters. The molecule has 2 bridgehead atoms. The Kier molecular flexibility index (Phi) is 8.20. The highest BCUT2D eigenvalue weighted by Crippen LogP contribution is 2.61. The number of ether oxygens (including phenoxy) is 1. The van der Waals surface area contributed by atoms with Crippen molar-refractivity contribution in [1.82, 2.24) is 19.8 Å². The summed E-state index contributed by atoms with van der Waals surface area (Å²) in [5.41, 5.74) is 2.28. The summed E-state index contributed by atoms with van der Waals surface area (Å²) in [6.07, 6.45) is 4.39. The van der Waals surface area contributed by atoms with E-state index in [1.807, 2.05) is 25.1 Å². The lowest BCUT2D eigenvalue weighted by Crippen LogP contribution is -2.59. The number of fused-ring (bicyclic) bond motifs is 3. The Morgan fingerprint density at radius 1 is 1.16 bits per heavy atom. The molecule has 8 nitrogen and oxygen atoms in total. The molecular formula is C35H47FN6O2. The molecule has 3 aliphatic carbocycles. The van der Waals surface area contributed by atoms with E-state index in [4.69, 9.17) is 9.73 Å². The third-order valence-corrected chi connectivity index (χ3v) is 10.7. The number of anilines is 1. The van der Waals surface area contributed by atoms with Gasteiger partial charge >= 0.3 is 0 Å². The van der Waals surface area contributed by atoms with Crippen molar-refractivity contribution >= 4 is 22.5 Å². The van der Waals surface area contributed by atoms with Gasteiger partial charge in [0.25, 0.3) is 5.56 Å². The highest BCUT2D eigenvalue weighted by molar-refractivity contribution is 5.96. The third-order valence-electron chi connectivity index (χ3n) is 10.7. The van der Waals surface area contributed by atoms with Crippen LogP contribution in [-0.2, 0) is 6.42 Å². The van der Waals surface area contributed by atoms with Gasteiger partial charge < -0.3 is 20.3 Å². The lowest BCUT2D eigenvalue weighted by Gasteiger charge is -2.61. The van der Waals surface area contributed by atoms with E-state index in [0.717, 1.165) is 37.1 Å². The molecule has 9 heteroatoms. The third kappa shape index (κ3) is 5.71. The second-order valence-corrected chi connectivity index (χ2v) is 14.2. The predicted molar refractivity (Wildman–Crippen MR) is 175 cm³/mol. The van der Waals surface area contributed by atoms with Crippen LogP contribution in [0.4, 0.5) is 10.1 Å². The minimum Gasteiger partial charge on any atom is -0.497 e. The molecule has 236 valence electrons. The molecule has 2 aromatic carbocycles. The fourth-order valence-electron chi connectivity index (χ4n) is 8.04. The Morgan fingerprint density at radius 3 is 2.57 bits per heavy atom. The number of piperazine rings is 1. The largest absolute Gasteiger partial charge is 0.497 e. The van der Waals surface area contributed by atoms with Crippen LogP contribution in [0.1, 0.15) is 66.0 Å². The topological polar surface area (TPSA) is 83.8 Å². The fraction of sp³-hybridized carbons (Fsp3) is 0.571. The van der Waals surface area contributed by atoms with E-state index in [-0.39, 0.29) is 23.5 Å². The predicted octanol–water partition coefficient (Wildman–Crippen LogP) is 5.87. The van der Waals surface area contributed by atoms with Crippen molar-refractivity contribution in [3.05, 3.63) is 64.5 Å². The number of hydrogen-bond acceptors (Lipinski definition) is 5. The number of nitrogens with zero attached hydrogens (tertiary/aromatic N) is 4. The smallest absolute Gasteiger partial charge is 0.261 e. The highest BCUT2D eigenvalue weighted by Gasteiger charge is 2.56. The fourth-order valence-corrected chi connectivity index (χ4v) is 8.04. The minimum atomic E-state index is -0.345. The maximum atomic E-state index is 14.6.